The summed E-state index contributed by atoms with van der Waals surface area (Å²) in [5, 5.41) is 17.0. The van der Waals surface area contributed by atoms with E-state index in [0.717, 1.165) is 35.8 Å². The normalized spacial score (nSPS) is 15.0. The Bertz CT molecular complexity index is 1050. The van der Waals surface area contributed by atoms with Crippen molar-refractivity contribution in [2.45, 2.75) is 84.3 Å². The number of hydrogen-bond acceptors (Lipinski definition) is 8. The Morgan fingerprint density at radius 3 is 2.34 bits per heavy atom. The third-order valence-electron chi connectivity index (χ3n) is 5.88. The number of aromatic nitrogens is 3. The molecule has 0 spiro atoms. The minimum Gasteiger partial charge on any atom is -0.835 e. The Kier molecular flexibility index (Phi) is 25.7. The van der Waals surface area contributed by atoms with Crippen molar-refractivity contribution in [3.63, 3.8) is 0 Å². The predicted molar refractivity (Wildman–Crippen MR) is 157 cm³/mol. The predicted octanol–water partition coefficient (Wildman–Crippen LogP) is 2.14. The summed E-state index contributed by atoms with van der Waals surface area (Å²) in [6.45, 7) is 9.19. The van der Waals surface area contributed by atoms with Crippen molar-refractivity contribution in [1.29, 1.82) is 0 Å². The molecule has 1 atom stereocenters. The van der Waals surface area contributed by atoms with Crippen LogP contribution in [0.3, 0.4) is 0 Å². The fourth-order valence-electron chi connectivity index (χ4n) is 3.89. The standard InChI is InChI=1S/C20H24N5OS.C4H7O.C3H5O.C2H6.K.H2O.U/c1-20(21,26)16-11-14(25-19-22-9-10-23-19)7-8-15(16)17-12-24-18(27-17)13-5-3-2-4-6-13;1-2-3-4-5;1-2-4-3-1;1-2;;;/h7-13H,2-6,21H2,1H3,(H2,22,23,25);2-3H2,1H3;1H,2-3H2;1-2H3;;1H2;/q3*-1;;+1;;+2. The zero-order valence-electron chi connectivity index (χ0n) is 25.1. The second-order valence-corrected chi connectivity index (χ2v) is 10.1. The molecule has 2 aliphatic rings. The summed E-state index contributed by atoms with van der Waals surface area (Å²) >= 11 is 1.69. The van der Waals surface area contributed by atoms with Crippen LogP contribution in [0.2, 0.25) is 0 Å². The van der Waals surface area contributed by atoms with Crippen molar-refractivity contribution < 1.29 is 103 Å². The van der Waals surface area contributed by atoms with Crippen molar-refractivity contribution >= 4 is 29.3 Å². The van der Waals surface area contributed by atoms with E-state index in [1.807, 2.05) is 45.2 Å². The van der Waals surface area contributed by atoms with Crippen LogP contribution in [0.5, 0.6) is 0 Å². The molecule has 3 aromatic rings. The summed E-state index contributed by atoms with van der Waals surface area (Å²) in [4.78, 5) is 22.1. The minimum absolute atomic E-state index is 0. The van der Waals surface area contributed by atoms with E-state index >= 15 is 0 Å². The number of nitrogens with two attached hydrogens (primary N) is 1. The Morgan fingerprint density at radius 2 is 1.88 bits per heavy atom. The zero-order chi connectivity index (χ0) is 27.8. The Balaban J connectivity index is 0. The van der Waals surface area contributed by atoms with Crippen LogP contribution < -0.4 is 67.5 Å². The number of H-pyrrole nitrogens is 1. The molecule has 3 heterocycles. The second-order valence-electron chi connectivity index (χ2n) is 9.05. The number of aromatic amines is 1. The van der Waals surface area contributed by atoms with Crippen LogP contribution >= 0.6 is 11.3 Å². The number of unbranched alkanes of at least 4 members (excludes halogenated alkanes) is 1. The summed E-state index contributed by atoms with van der Waals surface area (Å²) in [6.07, 6.45) is 16.9. The number of imidazole rings is 1. The number of nitrogens with zero attached hydrogens (tertiary/aromatic N) is 2. The van der Waals surface area contributed by atoms with Crippen LogP contribution in [0, 0.1) is 37.5 Å². The van der Waals surface area contributed by atoms with Gasteiger partial charge in [0, 0.05) is 30.2 Å². The zero-order valence-corrected chi connectivity index (χ0v) is 33.2. The average molecular weight is 836 g/mol. The topological polar surface area (TPSA) is 160 Å². The molecule has 0 bridgehead atoms. The third kappa shape index (κ3) is 15.6. The third-order valence-corrected chi connectivity index (χ3v) is 7.08. The first-order valence-corrected chi connectivity index (χ1v) is 14.3. The SMILES string of the molecule is CC.CC(N)([O-])c1cc(Nc2ncc[nH]2)ccc1-c1cnc(C2CCCCC2)s1.CCC[C-]=O.O.[CH-]1COC1.[K+].[U+2]. The first kappa shape index (κ1) is 43.2. The Morgan fingerprint density at radius 1 is 1.24 bits per heavy atom. The first-order chi connectivity index (χ1) is 18.4. The smallest absolute Gasteiger partial charge is 0.835 e. The summed E-state index contributed by atoms with van der Waals surface area (Å²) in [6, 6.07) is 5.69. The van der Waals surface area contributed by atoms with E-state index in [1.165, 1.54) is 44.0 Å². The first-order valence-electron chi connectivity index (χ1n) is 13.5. The van der Waals surface area contributed by atoms with Gasteiger partial charge in [0.25, 0.3) is 0 Å². The van der Waals surface area contributed by atoms with Crippen LogP contribution in [0.15, 0.2) is 36.8 Å². The maximum absolute atomic E-state index is 12.7. The van der Waals surface area contributed by atoms with Gasteiger partial charge in [-0.2, -0.15) is 6.42 Å². The van der Waals surface area contributed by atoms with E-state index in [0.29, 0.717) is 23.9 Å². The fourth-order valence-corrected chi connectivity index (χ4v) is 5.01. The van der Waals surface area contributed by atoms with Gasteiger partial charge in [-0.25, -0.2) is 9.97 Å². The number of carbonyl (C=O) groups excluding carboxylic acids is 1. The van der Waals surface area contributed by atoms with Gasteiger partial charge >= 0.3 is 82.5 Å². The summed E-state index contributed by atoms with van der Waals surface area (Å²) in [5.74, 6) is 1.17. The molecule has 2 fully saturated rings. The molecule has 220 valence electrons. The Hall–Kier alpha value is 0.0583. The maximum Gasteiger partial charge on any atom is 2.00 e. The van der Waals surface area contributed by atoms with Crippen LogP contribution in [0.4, 0.5) is 11.6 Å². The van der Waals surface area contributed by atoms with Gasteiger partial charge in [0.05, 0.1) is 9.88 Å². The summed E-state index contributed by atoms with van der Waals surface area (Å²) < 4.78 is 4.67. The van der Waals surface area contributed by atoms with Crippen LogP contribution in [0.1, 0.15) is 89.1 Å². The van der Waals surface area contributed by atoms with Gasteiger partial charge in [-0.05, 0) is 41.8 Å². The number of nitrogens with one attached hydrogen (secondary N) is 2. The van der Waals surface area contributed by atoms with Gasteiger partial charge in [-0.15, -0.1) is 11.3 Å². The number of anilines is 2. The van der Waals surface area contributed by atoms with Gasteiger partial charge < -0.3 is 36.1 Å². The van der Waals surface area contributed by atoms with Gasteiger partial charge in [0.2, 0.25) is 5.95 Å². The molecule has 2 aromatic heterocycles. The summed E-state index contributed by atoms with van der Waals surface area (Å²) in [5.41, 5.74) is 6.45. The Labute approximate surface area is 315 Å². The van der Waals surface area contributed by atoms with E-state index in [1.54, 1.807) is 30.0 Å². The van der Waals surface area contributed by atoms with E-state index in [4.69, 9.17) is 5.73 Å². The van der Waals surface area contributed by atoms with Crippen molar-refractivity contribution in [3.8, 4) is 10.4 Å². The van der Waals surface area contributed by atoms with Gasteiger partial charge in [0.1, 0.15) is 0 Å². The molecule has 41 heavy (non-hydrogen) atoms. The van der Waals surface area contributed by atoms with Gasteiger partial charge in [0.15, 0.2) is 0 Å². The molecule has 9 nitrogen and oxygen atoms in total. The molecular weight excluding hydrogens is 792 g/mol. The second kappa shape index (κ2) is 24.4. The van der Waals surface area contributed by atoms with Crippen molar-refractivity contribution in [3.05, 3.63) is 53.8 Å². The molecule has 1 aliphatic carbocycles. The maximum atomic E-state index is 12.7. The number of ether oxygens (including phenoxy) is 1. The van der Waals surface area contributed by atoms with Gasteiger partial charge in [-0.3, -0.25) is 12.7 Å². The van der Waals surface area contributed by atoms with Crippen molar-refractivity contribution in [1.82, 2.24) is 15.0 Å². The number of rotatable bonds is 7. The van der Waals surface area contributed by atoms with Crippen molar-refractivity contribution in [2.75, 3.05) is 18.5 Å². The quantitative estimate of drug-likeness (QED) is 0.187. The minimum atomic E-state index is -1.70. The molecule has 1 aromatic carbocycles. The monoisotopic (exact) mass is 835 g/mol. The molecule has 0 amide bonds. The molecule has 12 heteroatoms. The van der Waals surface area contributed by atoms with E-state index in [-0.39, 0.29) is 88.0 Å². The number of hydrogen-bond donors (Lipinski definition) is 3. The van der Waals surface area contributed by atoms with Crippen LogP contribution in [-0.2, 0) is 15.3 Å². The molecule has 5 rings (SSSR count). The van der Waals surface area contributed by atoms with Crippen LogP contribution in [-0.4, -0.2) is 39.9 Å². The molecule has 6 N–H and O–H groups in total. The van der Waals surface area contributed by atoms with Crippen molar-refractivity contribution in [2.24, 2.45) is 5.73 Å². The number of benzene rings is 1. The van der Waals surface area contributed by atoms with Gasteiger partial charge in [-0.1, -0.05) is 72.7 Å². The van der Waals surface area contributed by atoms with E-state index in [9.17, 15) is 9.90 Å². The fraction of sp³-hybridized carbons (Fsp3) is 0.517. The molecule has 1 saturated heterocycles. The molecule has 0 radical (unpaired) electrons. The molecule has 1 saturated carbocycles. The van der Waals surface area contributed by atoms with E-state index in [2.05, 4.69) is 31.4 Å². The summed E-state index contributed by atoms with van der Waals surface area (Å²) in [7, 11) is 0. The van der Waals surface area contributed by atoms with Crippen LogP contribution in [0.25, 0.3) is 10.4 Å². The molecular formula is C29H44KN5O4SU. The average Bonchev–Trinajstić information content (AvgIpc) is 3.58. The molecule has 1 unspecified atom stereocenters. The van der Waals surface area contributed by atoms with E-state index < -0.39 is 5.72 Å². The molecule has 1 aliphatic heterocycles. The largest absolute Gasteiger partial charge is 2.00 e. The number of thiazole rings is 1.